The maximum Gasteiger partial charge on any atom is 0.335 e. The molecule has 0 aliphatic heterocycles. The van der Waals surface area contributed by atoms with E-state index in [9.17, 15) is 14.7 Å². The number of aromatic nitrogens is 1. The molecule has 0 aliphatic carbocycles. The Balaban J connectivity index is 1.40. The van der Waals surface area contributed by atoms with E-state index in [2.05, 4.69) is 48.6 Å². The molecule has 2 N–H and O–H groups in total. The van der Waals surface area contributed by atoms with E-state index in [1.54, 1.807) is 24.3 Å². The van der Waals surface area contributed by atoms with E-state index in [-0.39, 0.29) is 23.9 Å². The van der Waals surface area contributed by atoms with Crippen LogP contribution in [0.25, 0.3) is 32.0 Å². The number of carbonyl (C=O) groups is 2. The molecule has 5 aromatic carbocycles. The van der Waals surface area contributed by atoms with Crippen LogP contribution in [0, 0.1) is 0 Å². The Morgan fingerprint density at radius 1 is 0.825 bits per heavy atom. The number of nitrogens with one attached hydrogen (secondary N) is 1. The number of nitrogens with zero attached hydrogens (tertiary/aromatic N) is 1. The molecule has 0 unspecified atom stereocenters. The molecule has 6 aromatic rings. The zero-order valence-electron chi connectivity index (χ0n) is 21.8. The Bertz CT molecular complexity index is 1860. The normalized spacial score (nSPS) is 11.9. The van der Waals surface area contributed by atoms with E-state index >= 15 is 0 Å². The molecule has 0 radical (unpaired) electrons. The van der Waals surface area contributed by atoms with Gasteiger partial charge < -0.3 is 10.4 Å². The molecule has 1 heterocycles. The van der Waals surface area contributed by atoms with Gasteiger partial charge in [0.05, 0.1) is 21.5 Å². The second-order valence-corrected chi connectivity index (χ2v) is 10.6. The van der Waals surface area contributed by atoms with E-state index in [1.165, 1.54) is 22.3 Å². The number of benzene rings is 5. The molecular weight excluding hydrogens is 516 g/mol. The Labute approximate surface area is 235 Å². The lowest BCUT2D eigenvalue weighted by atomic mass is 9.91. The molecule has 5 nitrogen and oxygen atoms in total. The maximum absolute atomic E-state index is 13.7. The minimum absolute atomic E-state index is 0.0176. The number of hydrogen-bond acceptors (Lipinski definition) is 4. The number of aromatic carboxylic acids is 1. The van der Waals surface area contributed by atoms with Gasteiger partial charge in [0, 0.05) is 17.8 Å². The number of rotatable bonds is 7. The molecule has 0 saturated carbocycles. The molecule has 1 amide bonds. The zero-order chi connectivity index (χ0) is 27.6. The zero-order valence-corrected chi connectivity index (χ0v) is 22.6. The SMILES string of the molecule is C[C@H](c1ccc2ccccc2c1)c1nsc2cc(-c3ccccc3)cc(C(=O)NCc3ccc(C(=O)O)cc3)c12. The third-order valence-corrected chi connectivity index (χ3v) is 8.10. The van der Waals surface area contributed by atoms with Gasteiger partial charge in [-0.1, -0.05) is 91.9 Å². The Morgan fingerprint density at radius 2 is 1.55 bits per heavy atom. The van der Waals surface area contributed by atoms with Crippen LogP contribution in [0.2, 0.25) is 0 Å². The molecule has 0 fully saturated rings. The number of hydrogen-bond donors (Lipinski definition) is 2. The minimum atomic E-state index is -0.978. The molecular formula is C34H26N2O3S. The largest absolute Gasteiger partial charge is 0.478 e. The van der Waals surface area contributed by atoms with Gasteiger partial charge >= 0.3 is 5.97 Å². The Morgan fingerprint density at radius 3 is 2.30 bits per heavy atom. The number of carboxylic acid groups (broad SMARTS) is 1. The van der Waals surface area contributed by atoms with Crippen LogP contribution >= 0.6 is 11.5 Å². The van der Waals surface area contributed by atoms with Gasteiger partial charge in [-0.25, -0.2) is 4.79 Å². The summed E-state index contributed by atoms with van der Waals surface area (Å²) in [6.45, 7) is 2.41. The summed E-state index contributed by atoms with van der Waals surface area (Å²) < 4.78 is 5.84. The summed E-state index contributed by atoms with van der Waals surface area (Å²) in [5.74, 6) is -1.19. The standard InChI is InChI=1S/C34H26N2O3S/c1-21(26-16-15-24-9-5-6-10-27(24)17-26)32-31-29(33(37)35-20-22-11-13-25(14-12-22)34(38)39)18-28(19-30(31)40-36-32)23-7-3-2-4-8-23/h2-19,21H,20H2,1H3,(H,35,37)(H,38,39)/t21-/m1/s1. The van der Waals surface area contributed by atoms with Crippen molar-refractivity contribution in [3.8, 4) is 11.1 Å². The first-order chi connectivity index (χ1) is 19.5. The number of carbonyl (C=O) groups excluding carboxylic acids is 1. The van der Waals surface area contributed by atoms with Crippen molar-refractivity contribution in [2.45, 2.75) is 19.4 Å². The first kappa shape index (κ1) is 25.5. The van der Waals surface area contributed by atoms with Crippen LogP contribution in [0.1, 0.15) is 50.4 Å². The van der Waals surface area contributed by atoms with Crippen molar-refractivity contribution in [1.82, 2.24) is 9.69 Å². The van der Waals surface area contributed by atoms with Crippen molar-refractivity contribution in [2.24, 2.45) is 0 Å². The predicted octanol–water partition coefficient (Wildman–Crippen LogP) is 7.90. The van der Waals surface area contributed by atoms with Gasteiger partial charge in [0.25, 0.3) is 5.91 Å². The van der Waals surface area contributed by atoms with Crippen LogP contribution in [0.15, 0.2) is 109 Å². The maximum atomic E-state index is 13.7. The highest BCUT2D eigenvalue weighted by molar-refractivity contribution is 7.13. The van der Waals surface area contributed by atoms with Crippen molar-refractivity contribution in [1.29, 1.82) is 0 Å². The summed E-state index contributed by atoms with van der Waals surface area (Å²) >= 11 is 1.41. The third-order valence-electron chi connectivity index (χ3n) is 7.29. The molecule has 196 valence electrons. The van der Waals surface area contributed by atoms with Gasteiger partial charge in [-0.3, -0.25) is 4.79 Å². The fraction of sp³-hybridized carbons (Fsp3) is 0.0882. The minimum Gasteiger partial charge on any atom is -0.478 e. The van der Waals surface area contributed by atoms with E-state index in [0.29, 0.717) is 5.56 Å². The number of fused-ring (bicyclic) bond motifs is 2. The van der Waals surface area contributed by atoms with Gasteiger partial charge in [-0.05, 0) is 68.8 Å². The second kappa shape index (κ2) is 10.8. The average molecular weight is 543 g/mol. The molecule has 1 atom stereocenters. The molecule has 0 saturated heterocycles. The van der Waals surface area contributed by atoms with Crippen LogP contribution in [-0.4, -0.2) is 21.4 Å². The van der Waals surface area contributed by atoms with Crippen LogP contribution < -0.4 is 5.32 Å². The van der Waals surface area contributed by atoms with E-state index in [0.717, 1.165) is 38.0 Å². The smallest absolute Gasteiger partial charge is 0.335 e. The molecule has 6 rings (SSSR count). The summed E-state index contributed by atoms with van der Waals surface area (Å²) in [7, 11) is 0. The fourth-order valence-corrected chi connectivity index (χ4v) is 5.98. The van der Waals surface area contributed by atoms with E-state index < -0.39 is 5.97 Å². The van der Waals surface area contributed by atoms with Crippen molar-refractivity contribution < 1.29 is 14.7 Å². The molecule has 6 heteroatoms. The molecule has 40 heavy (non-hydrogen) atoms. The van der Waals surface area contributed by atoms with Gasteiger partial charge in [0.2, 0.25) is 0 Å². The lowest BCUT2D eigenvalue weighted by molar-refractivity contribution is 0.0696. The summed E-state index contributed by atoms with van der Waals surface area (Å²) in [4.78, 5) is 24.9. The monoisotopic (exact) mass is 542 g/mol. The third kappa shape index (κ3) is 4.97. The van der Waals surface area contributed by atoms with Crippen LogP contribution in [0.4, 0.5) is 0 Å². The van der Waals surface area contributed by atoms with Gasteiger partial charge in [-0.2, -0.15) is 4.37 Å². The van der Waals surface area contributed by atoms with Gasteiger partial charge in [-0.15, -0.1) is 0 Å². The van der Waals surface area contributed by atoms with Crippen molar-refractivity contribution >= 4 is 44.3 Å². The average Bonchev–Trinajstić information content (AvgIpc) is 3.43. The van der Waals surface area contributed by atoms with Crippen molar-refractivity contribution in [3.63, 3.8) is 0 Å². The quantitative estimate of drug-likeness (QED) is 0.215. The summed E-state index contributed by atoms with van der Waals surface area (Å²) in [5.41, 5.74) is 5.62. The molecule has 0 bridgehead atoms. The predicted molar refractivity (Wildman–Crippen MR) is 161 cm³/mol. The molecule has 0 spiro atoms. The number of amides is 1. The first-order valence-corrected chi connectivity index (χ1v) is 13.8. The fourth-order valence-electron chi connectivity index (χ4n) is 5.05. The Kier molecular flexibility index (Phi) is 6.84. The summed E-state index contributed by atoms with van der Waals surface area (Å²) in [5, 5.41) is 15.4. The van der Waals surface area contributed by atoms with Crippen molar-refractivity contribution in [2.75, 3.05) is 0 Å². The van der Waals surface area contributed by atoms with E-state index in [1.807, 2.05) is 48.5 Å². The van der Waals surface area contributed by atoms with Gasteiger partial charge in [0.15, 0.2) is 0 Å². The summed E-state index contributed by atoms with van der Waals surface area (Å²) in [6, 6.07) is 35.4. The van der Waals surface area contributed by atoms with Gasteiger partial charge in [0.1, 0.15) is 0 Å². The molecule has 1 aromatic heterocycles. The highest BCUT2D eigenvalue weighted by Gasteiger charge is 2.23. The highest BCUT2D eigenvalue weighted by atomic mass is 32.1. The Hall–Kier alpha value is -4.81. The topological polar surface area (TPSA) is 79.3 Å². The van der Waals surface area contributed by atoms with Crippen LogP contribution in [0.3, 0.4) is 0 Å². The van der Waals surface area contributed by atoms with Crippen LogP contribution in [-0.2, 0) is 6.54 Å². The van der Waals surface area contributed by atoms with Crippen LogP contribution in [0.5, 0.6) is 0 Å². The van der Waals surface area contributed by atoms with E-state index in [4.69, 9.17) is 4.37 Å². The first-order valence-electron chi connectivity index (χ1n) is 13.1. The second-order valence-electron chi connectivity index (χ2n) is 9.84. The highest BCUT2D eigenvalue weighted by Crippen LogP contribution is 2.38. The number of carboxylic acids is 1. The lowest BCUT2D eigenvalue weighted by Gasteiger charge is -2.14. The molecule has 0 aliphatic rings. The lowest BCUT2D eigenvalue weighted by Crippen LogP contribution is -2.23. The van der Waals surface area contributed by atoms with Crippen molar-refractivity contribution in [3.05, 3.63) is 137 Å². The summed E-state index contributed by atoms with van der Waals surface area (Å²) in [6.07, 6.45) is 0.